The lowest BCUT2D eigenvalue weighted by atomic mass is 10.1. The number of carbonyl (C=O) groups is 1. The number of ether oxygens (including phenoxy) is 1. The number of ketones is 1. The Kier molecular flexibility index (Phi) is 4.09. The number of rotatable bonds is 4. The van der Waals surface area contributed by atoms with Gasteiger partial charge in [-0.25, -0.2) is 0 Å². The second-order valence-corrected chi connectivity index (χ2v) is 4.88. The summed E-state index contributed by atoms with van der Waals surface area (Å²) in [4.78, 5) is 12.0. The van der Waals surface area contributed by atoms with E-state index in [0.29, 0.717) is 21.2 Å². The molecule has 2 aromatic rings. The van der Waals surface area contributed by atoms with E-state index in [1.54, 1.807) is 37.4 Å². The summed E-state index contributed by atoms with van der Waals surface area (Å²) in [6, 6.07) is 8.49. The van der Waals surface area contributed by atoms with Crippen LogP contribution in [0.4, 0.5) is 0 Å². The minimum absolute atomic E-state index is 0.124. The number of hydrogen-bond donors (Lipinski definition) is 0. The average Bonchev–Trinajstić information content (AvgIpc) is 2.76. The summed E-state index contributed by atoms with van der Waals surface area (Å²) < 4.78 is 10.9. The first-order valence-electron chi connectivity index (χ1n) is 5.21. The first-order chi connectivity index (χ1) is 8.60. The van der Waals surface area contributed by atoms with Gasteiger partial charge in [-0.3, -0.25) is 4.79 Å². The highest BCUT2D eigenvalue weighted by atomic mass is 79.9. The van der Waals surface area contributed by atoms with E-state index < -0.39 is 0 Å². The van der Waals surface area contributed by atoms with Crippen molar-refractivity contribution in [1.82, 2.24) is 0 Å². The molecule has 0 radical (unpaired) electrons. The van der Waals surface area contributed by atoms with Gasteiger partial charge in [-0.05, 0) is 46.3 Å². The van der Waals surface area contributed by atoms with Crippen LogP contribution in [-0.2, 0) is 6.42 Å². The van der Waals surface area contributed by atoms with Crippen molar-refractivity contribution in [3.05, 3.63) is 51.3 Å². The van der Waals surface area contributed by atoms with Gasteiger partial charge in [-0.15, -0.1) is 0 Å². The Morgan fingerprint density at radius 3 is 2.78 bits per heavy atom. The predicted octanol–water partition coefficient (Wildman–Crippen LogP) is 4.13. The molecule has 0 spiro atoms. The fourth-order valence-electron chi connectivity index (χ4n) is 1.61. The van der Waals surface area contributed by atoms with Crippen LogP contribution < -0.4 is 4.74 Å². The molecule has 1 heterocycles. The van der Waals surface area contributed by atoms with Crippen LogP contribution in [0.15, 0.2) is 39.4 Å². The number of carbonyl (C=O) groups excluding carboxylic acids is 1. The Morgan fingerprint density at radius 2 is 2.17 bits per heavy atom. The Balaban J connectivity index is 2.23. The summed E-state index contributed by atoms with van der Waals surface area (Å²) in [5.74, 6) is 0.823. The third kappa shape index (κ3) is 2.94. The van der Waals surface area contributed by atoms with E-state index in [9.17, 15) is 4.79 Å². The maximum atomic E-state index is 12.0. The normalized spacial score (nSPS) is 10.4. The van der Waals surface area contributed by atoms with Crippen molar-refractivity contribution in [2.75, 3.05) is 7.11 Å². The molecule has 2 rings (SSSR count). The van der Waals surface area contributed by atoms with Gasteiger partial charge in [0.1, 0.15) is 5.75 Å². The quantitative estimate of drug-likeness (QED) is 0.792. The molecule has 5 heteroatoms. The third-order valence-corrected chi connectivity index (χ3v) is 3.10. The van der Waals surface area contributed by atoms with Crippen LogP contribution in [0.5, 0.6) is 5.75 Å². The van der Waals surface area contributed by atoms with Gasteiger partial charge in [-0.2, -0.15) is 0 Å². The van der Waals surface area contributed by atoms with E-state index in [0.717, 1.165) is 5.56 Å². The highest BCUT2D eigenvalue weighted by Gasteiger charge is 2.14. The molecule has 0 saturated heterocycles. The number of Topliss-reactive ketones (excluding diaryl/α,β-unsaturated/α-hetero) is 1. The maximum absolute atomic E-state index is 12.0. The standard InChI is InChI=1S/C13H10BrClO3/c1-17-11-3-2-9(15)6-8(11)7-10(16)12-4-5-13(14)18-12/h2-6H,7H2,1H3. The van der Waals surface area contributed by atoms with Crippen LogP contribution in [0.1, 0.15) is 16.1 Å². The summed E-state index contributed by atoms with van der Waals surface area (Å²) in [6.45, 7) is 0. The van der Waals surface area contributed by atoms with E-state index >= 15 is 0 Å². The largest absolute Gasteiger partial charge is 0.496 e. The molecule has 1 aromatic heterocycles. The predicted molar refractivity (Wildman–Crippen MR) is 72.4 cm³/mol. The molecule has 0 fully saturated rings. The van der Waals surface area contributed by atoms with Crippen molar-refractivity contribution in [3.63, 3.8) is 0 Å². The van der Waals surface area contributed by atoms with Crippen molar-refractivity contribution in [3.8, 4) is 5.75 Å². The van der Waals surface area contributed by atoms with Crippen LogP contribution in [0.3, 0.4) is 0 Å². The molecule has 0 N–H and O–H groups in total. The number of halogens is 2. The molecule has 0 saturated carbocycles. The van der Waals surface area contributed by atoms with Gasteiger partial charge in [0, 0.05) is 17.0 Å². The van der Waals surface area contributed by atoms with Crippen molar-refractivity contribution in [2.24, 2.45) is 0 Å². The molecule has 0 atom stereocenters. The van der Waals surface area contributed by atoms with E-state index in [-0.39, 0.29) is 12.2 Å². The summed E-state index contributed by atoms with van der Waals surface area (Å²) in [6.07, 6.45) is 0.184. The van der Waals surface area contributed by atoms with E-state index in [1.807, 2.05) is 0 Å². The third-order valence-electron chi connectivity index (χ3n) is 2.44. The number of hydrogen-bond acceptors (Lipinski definition) is 3. The molecular weight excluding hydrogens is 319 g/mol. The number of methoxy groups -OCH3 is 1. The molecular formula is C13H10BrClO3. The molecule has 0 aliphatic heterocycles. The van der Waals surface area contributed by atoms with Crippen molar-refractivity contribution < 1.29 is 13.9 Å². The van der Waals surface area contributed by atoms with Gasteiger partial charge in [0.05, 0.1) is 7.11 Å². The van der Waals surface area contributed by atoms with Crippen molar-refractivity contribution in [1.29, 1.82) is 0 Å². The zero-order valence-corrected chi connectivity index (χ0v) is 11.9. The second-order valence-electron chi connectivity index (χ2n) is 3.66. The lowest BCUT2D eigenvalue weighted by Crippen LogP contribution is -2.03. The van der Waals surface area contributed by atoms with Crippen LogP contribution in [0, 0.1) is 0 Å². The molecule has 0 unspecified atom stereocenters. The van der Waals surface area contributed by atoms with Crippen molar-refractivity contribution in [2.45, 2.75) is 6.42 Å². The summed E-state index contributed by atoms with van der Waals surface area (Å²) in [5, 5.41) is 0.569. The highest BCUT2D eigenvalue weighted by Crippen LogP contribution is 2.25. The van der Waals surface area contributed by atoms with E-state index in [1.165, 1.54) is 0 Å². The van der Waals surface area contributed by atoms with Gasteiger partial charge in [0.15, 0.2) is 10.4 Å². The Bertz CT molecular complexity index is 577. The summed E-state index contributed by atoms with van der Waals surface area (Å²) >= 11 is 9.07. The minimum atomic E-state index is -0.124. The molecule has 1 aromatic carbocycles. The fraction of sp³-hybridized carbons (Fsp3) is 0.154. The first kappa shape index (κ1) is 13.2. The monoisotopic (exact) mass is 328 g/mol. The molecule has 3 nitrogen and oxygen atoms in total. The van der Waals surface area contributed by atoms with Gasteiger partial charge in [0.25, 0.3) is 0 Å². The smallest absolute Gasteiger partial charge is 0.202 e. The number of benzene rings is 1. The molecule has 0 amide bonds. The van der Waals surface area contributed by atoms with Gasteiger partial charge < -0.3 is 9.15 Å². The lowest BCUT2D eigenvalue weighted by Gasteiger charge is -2.07. The first-order valence-corrected chi connectivity index (χ1v) is 6.38. The van der Waals surface area contributed by atoms with Crippen LogP contribution in [0.2, 0.25) is 5.02 Å². The van der Waals surface area contributed by atoms with Crippen molar-refractivity contribution >= 4 is 33.3 Å². The fourth-order valence-corrected chi connectivity index (χ4v) is 2.11. The zero-order chi connectivity index (χ0) is 13.1. The molecule has 18 heavy (non-hydrogen) atoms. The average molecular weight is 330 g/mol. The van der Waals surface area contributed by atoms with E-state index in [2.05, 4.69) is 15.9 Å². The summed E-state index contributed by atoms with van der Waals surface area (Å²) in [7, 11) is 1.56. The van der Waals surface area contributed by atoms with Crippen LogP contribution in [0.25, 0.3) is 0 Å². The SMILES string of the molecule is COc1ccc(Cl)cc1CC(=O)c1ccc(Br)o1. The van der Waals surface area contributed by atoms with Gasteiger partial charge in [0.2, 0.25) is 5.78 Å². The molecule has 94 valence electrons. The topological polar surface area (TPSA) is 39.4 Å². The summed E-state index contributed by atoms with van der Waals surface area (Å²) in [5.41, 5.74) is 0.738. The minimum Gasteiger partial charge on any atom is -0.496 e. The van der Waals surface area contributed by atoms with Gasteiger partial charge in [-0.1, -0.05) is 11.6 Å². The Hall–Kier alpha value is -1.26. The second kappa shape index (κ2) is 5.59. The zero-order valence-electron chi connectivity index (χ0n) is 9.57. The Morgan fingerprint density at radius 1 is 1.39 bits per heavy atom. The molecule has 0 bridgehead atoms. The van der Waals surface area contributed by atoms with Gasteiger partial charge >= 0.3 is 0 Å². The molecule has 0 aliphatic carbocycles. The van der Waals surface area contributed by atoms with Crippen LogP contribution >= 0.6 is 27.5 Å². The van der Waals surface area contributed by atoms with E-state index in [4.69, 9.17) is 20.8 Å². The maximum Gasteiger partial charge on any atom is 0.202 e. The highest BCUT2D eigenvalue weighted by molar-refractivity contribution is 9.10. The Labute approximate surface area is 118 Å². The molecule has 0 aliphatic rings. The number of furan rings is 1. The lowest BCUT2D eigenvalue weighted by molar-refractivity contribution is 0.0964. The van der Waals surface area contributed by atoms with Crippen LogP contribution in [-0.4, -0.2) is 12.9 Å².